The van der Waals surface area contributed by atoms with E-state index in [0.29, 0.717) is 29.2 Å². The quantitative estimate of drug-likeness (QED) is 0.584. The van der Waals surface area contributed by atoms with Crippen LogP contribution in [0.5, 0.6) is 0 Å². The molecule has 0 heterocycles. The van der Waals surface area contributed by atoms with E-state index in [4.69, 9.17) is 4.74 Å². The van der Waals surface area contributed by atoms with E-state index in [1.807, 2.05) is 0 Å². The average molecular weight is 273 g/mol. The molecule has 6 unspecified atom stereocenters. The molecule has 6 atom stereocenters. The molecule has 3 saturated carbocycles. The van der Waals surface area contributed by atoms with E-state index in [1.54, 1.807) is 6.92 Å². The van der Waals surface area contributed by atoms with Gasteiger partial charge in [-0.1, -0.05) is 13.5 Å². The number of rotatable bonds is 3. The lowest BCUT2D eigenvalue weighted by molar-refractivity contribution is -0.165. The van der Waals surface area contributed by atoms with Gasteiger partial charge in [-0.3, -0.25) is 0 Å². The van der Waals surface area contributed by atoms with Crippen molar-refractivity contribution in [3.05, 3.63) is 12.2 Å². The van der Waals surface area contributed by atoms with E-state index < -0.39 is 0 Å². The maximum absolute atomic E-state index is 12.0. The largest absolute Gasteiger partial charge is 0.455 e. The van der Waals surface area contributed by atoms with Gasteiger partial charge in [-0.25, -0.2) is 4.79 Å². The zero-order valence-corrected chi connectivity index (χ0v) is 12.4. The molecular weight excluding hydrogens is 250 g/mol. The molecule has 108 valence electrons. The first-order chi connectivity index (χ1) is 9.50. The Kier molecular flexibility index (Phi) is 3.16. The Bertz CT molecular complexity index is 492. The van der Waals surface area contributed by atoms with Crippen LogP contribution in [0.15, 0.2) is 12.2 Å². The van der Waals surface area contributed by atoms with E-state index in [0.717, 1.165) is 25.7 Å². The Morgan fingerprint density at radius 3 is 2.70 bits per heavy atom. The first kappa shape index (κ1) is 13.7. The molecular formula is C17H23NO2. The molecule has 0 aromatic rings. The number of hydrogen-bond donors (Lipinski definition) is 0. The van der Waals surface area contributed by atoms with Crippen LogP contribution >= 0.6 is 0 Å². The number of nitrogens with zero attached hydrogens (tertiary/aromatic N) is 1. The van der Waals surface area contributed by atoms with Crippen molar-refractivity contribution in [1.82, 2.24) is 0 Å². The topological polar surface area (TPSA) is 50.1 Å². The molecule has 2 bridgehead atoms. The van der Waals surface area contributed by atoms with Crippen LogP contribution in [0.25, 0.3) is 0 Å². The van der Waals surface area contributed by atoms with Crippen LogP contribution in [0.1, 0.15) is 46.0 Å². The van der Waals surface area contributed by atoms with Gasteiger partial charge in [0.1, 0.15) is 5.60 Å². The summed E-state index contributed by atoms with van der Waals surface area (Å²) in [6, 6.07) is 2.44. The van der Waals surface area contributed by atoms with Crippen molar-refractivity contribution < 1.29 is 9.53 Å². The lowest BCUT2D eigenvalue weighted by Gasteiger charge is -2.41. The van der Waals surface area contributed by atoms with E-state index in [9.17, 15) is 10.1 Å². The van der Waals surface area contributed by atoms with Gasteiger partial charge in [-0.15, -0.1) is 0 Å². The third kappa shape index (κ3) is 1.81. The summed E-state index contributed by atoms with van der Waals surface area (Å²) >= 11 is 0. The number of esters is 1. The second kappa shape index (κ2) is 4.62. The molecule has 3 aliphatic carbocycles. The fraction of sp³-hybridized carbons (Fsp3) is 0.765. The number of carbonyl (C=O) groups is 1. The van der Waals surface area contributed by atoms with Gasteiger partial charge in [0.05, 0.1) is 6.07 Å². The van der Waals surface area contributed by atoms with E-state index in [2.05, 4.69) is 19.6 Å². The Labute approximate surface area is 121 Å². The van der Waals surface area contributed by atoms with Gasteiger partial charge in [-0.2, -0.15) is 5.26 Å². The highest BCUT2D eigenvalue weighted by Crippen LogP contribution is 2.65. The second-order valence-electron chi connectivity index (χ2n) is 7.02. The molecule has 0 aromatic carbocycles. The van der Waals surface area contributed by atoms with Crippen molar-refractivity contribution in [2.45, 2.75) is 51.6 Å². The van der Waals surface area contributed by atoms with Gasteiger partial charge in [0.25, 0.3) is 0 Å². The van der Waals surface area contributed by atoms with Gasteiger partial charge < -0.3 is 4.74 Å². The molecule has 0 N–H and O–H groups in total. The Morgan fingerprint density at radius 1 is 1.40 bits per heavy atom. The molecule has 3 fully saturated rings. The molecule has 3 rings (SSSR count). The summed E-state index contributed by atoms with van der Waals surface area (Å²) in [7, 11) is 0. The number of hydrogen-bond acceptors (Lipinski definition) is 3. The van der Waals surface area contributed by atoms with E-state index in [-0.39, 0.29) is 17.5 Å². The maximum atomic E-state index is 12.0. The summed E-state index contributed by atoms with van der Waals surface area (Å²) < 4.78 is 5.90. The highest BCUT2D eigenvalue weighted by molar-refractivity contribution is 5.87. The van der Waals surface area contributed by atoms with Gasteiger partial charge in [0.15, 0.2) is 0 Å². The monoisotopic (exact) mass is 273 g/mol. The Hall–Kier alpha value is -1.30. The lowest BCUT2D eigenvalue weighted by atomic mass is 9.71. The fourth-order valence-electron chi connectivity index (χ4n) is 5.19. The third-order valence-electron chi connectivity index (χ3n) is 6.05. The zero-order chi connectivity index (χ0) is 14.5. The molecule has 0 saturated heterocycles. The number of fused-ring (bicyclic) bond motifs is 5. The van der Waals surface area contributed by atoms with Crippen LogP contribution in [0.2, 0.25) is 0 Å². The van der Waals surface area contributed by atoms with Crippen molar-refractivity contribution in [3.63, 3.8) is 0 Å². The van der Waals surface area contributed by atoms with Crippen LogP contribution < -0.4 is 0 Å². The SMILES string of the molecule is C=C(C)C(=O)OC1(CC)CC2CC1C1CC(C#N)CC21. The lowest BCUT2D eigenvalue weighted by Crippen LogP contribution is -2.44. The van der Waals surface area contributed by atoms with Gasteiger partial charge in [0, 0.05) is 17.4 Å². The van der Waals surface area contributed by atoms with Crippen molar-refractivity contribution in [2.75, 3.05) is 0 Å². The molecule has 0 radical (unpaired) electrons. The fourth-order valence-corrected chi connectivity index (χ4v) is 5.19. The summed E-state index contributed by atoms with van der Waals surface area (Å²) in [4.78, 5) is 12.0. The zero-order valence-electron chi connectivity index (χ0n) is 12.4. The number of nitriles is 1. The molecule has 3 nitrogen and oxygen atoms in total. The second-order valence-corrected chi connectivity index (χ2v) is 7.02. The summed E-state index contributed by atoms with van der Waals surface area (Å²) in [5.41, 5.74) is 0.199. The number of carbonyl (C=O) groups excluding carboxylic acids is 1. The first-order valence-electron chi connectivity index (χ1n) is 7.79. The predicted octanol–water partition coefficient (Wildman–Crippen LogP) is 3.46. The molecule has 0 aromatic heterocycles. The minimum Gasteiger partial charge on any atom is -0.455 e. The van der Waals surface area contributed by atoms with Crippen LogP contribution in [-0.2, 0) is 9.53 Å². The van der Waals surface area contributed by atoms with Crippen LogP contribution in [0, 0.1) is 40.9 Å². The maximum Gasteiger partial charge on any atom is 0.333 e. The van der Waals surface area contributed by atoms with Crippen molar-refractivity contribution in [3.8, 4) is 6.07 Å². The van der Waals surface area contributed by atoms with Crippen LogP contribution in [0.3, 0.4) is 0 Å². The minimum absolute atomic E-state index is 0.222. The van der Waals surface area contributed by atoms with E-state index >= 15 is 0 Å². The molecule has 0 aliphatic heterocycles. The van der Waals surface area contributed by atoms with Crippen molar-refractivity contribution >= 4 is 5.97 Å². The Balaban J connectivity index is 1.81. The summed E-state index contributed by atoms with van der Waals surface area (Å²) in [5, 5.41) is 9.17. The molecule has 20 heavy (non-hydrogen) atoms. The highest BCUT2D eigenvalue weighted by Gasteiger charge is 2.63. The molecule has 3 aliphatic rings. The first-order valence-corrected chi connectivity index (χ1v) is 7.79. The van der Waals surface area contributed by atoms with Crippen molar-refractivity contribution in [2.24, 2.45) is 29.6 Å². The van der Waals surface area contributed by atoms with Gasteiger partial charge in [0.2, 0.25) is 0 Å². The Morgan fingerprint density at radius 2 is 2.10 bits per heavy atom. The smallest absolute Gasteiger partial charge is 0.333 e. The normalized spacial score (nSPS) is 45.0. The summed E-state index contributed by atoms with van der Waals surface area (Å²) in [6.07, 6.45) is 5.14. The minimum atomic E-state index is -0.286. The van der Waals surface area contributed by atoms with Gasteiger partial charge in [-0.05, 0) is 56.8 Å². The molecule has 0 spiro atoms. The van der Waals surface area contributed by atoms with Crippen LogP contribution in [-0.4, -0.2) is 11.6 Å². The predicted molar refractivity (Wildman–Crippen MR) is 75.5 cm³/mol. The summed E-state index contributed by atoms with van der Waals surface area (Å²) in [5.74, 6) is 2.39. The third-order valence-corrected chi connectivity index (χ3v) is 6.05. The molecule has 3 heteroatoms. The average Bonchev–Trinajstić information content (AvgIpc) is 3.07. The standard InChI is InChI=1S/C17H23NO2/c1-4-17(20-16(19)10(2)3)8-12-7-15(17)14-6-11(9-18)5-13(12)14/h11-15H,2,4-8H2,1,3H3. The van der Waals surface area contributed by atoms with E-state index in [1.165, 1.54) is 6.42 Å². The highest BCUT2D eigenvalue weighted by atomic mass is 16.6. The summed E-state index contributed by atoms with van der Waals surface area (Å²) in [6.45, 7) is 7.53. The molecule has 0 amide bonds. The van der Waals surface area contributed by atoms with Crippen molar-refractivity contribution in [1.29, 1.82) is 5.26 Å². The number of ether oxygens (including phenoxy) is 1. The van der Waals surface area contributed by atoms with Gasteiger partial charge >= 0.3 is 5.97 Å². The van der Waals surface area contributed by atoms with Crippen LogP contribution in [0.4, 0.5) is 0 Å².